The van der Waals surface area contributed by atoms with E-state index in [1.165, 1.54) is 0 Å². The second kappa shape index (κ2) is 7.55. The topological polar surface area (TPSA) is 46.9 Å². The van der Waals surface area contributed by atoms with Crippen LogP contribution in [0.15, 0.2) is 12.2 Å². The van der Waals surface area contributed by atoms with Crippen LogP contribution in [-0.4, -0.2) is 71.0 Å². The van der Waals surface area contributed by atoms with Gasteiger partial charge < -0.3 is 10.2 Å². The number of aliphatic hydroxyl groups excluding tert-OH is 2. The standard InChI is InChI=1S/C16H30N2O2/c1-13(2)4-3-8-17-9-7-15(16(20)12-17)18-10-5-14(19)6-11-18/h3-4,13-16,19-20H,5-12H2,1-2H3/b4-3+/t15-,16-/m1/s1. The number of β-amino-alcohol motifs (C(OH)–C–C–N with tert-alkyl or cyclic N) is 1. The number of hydrogen-bond donors (Lipinski definition) is 2. The van der Waals surface area contributed by atoms with Crippen LogP contribution in [0.1, 0.15) is 33.1 Å². The first-order valence-corrected chi connectivity index (χ1v) is 8.05. The van der Waals surface area contributed by atoms with Gasteiger partial charge in [0, 0.05) is 38.8 Å². The van der Waals surface area contributed by atoms with E-state index >= 15 is 0 Å². The predicted octanol–water partition coefficient (Wildman–Crippen LogP) is 1.09. The number of nitrogens with zero attached hydrogens (tertiary/aromatic N) is 2. The fourth-order valence-corrected chi connectivity index (χ4v) is 3.28. The molecule has 0 bridgehead atoms. The summed E-state index contributed by atoms with van der Waals surface area (Å²) in [5.41, 5.74) is 0. The van der Waals surface area contributed by atoms with Crippen LogP contribution in [0.5, 0.6) is 0 Å². The molecule has 0 aliphatic carbocycles. The second-order valence-electron chi connectivity index (χ2n) is 6.62. The molecule has 0 aromatic heterocycles. The first-order chi connectivity index (χ1) is 9.56. The highest BCUT2D eigenvalue weighted by molar-refractivity contribution is 4.93. The van der Waals surface area contributed by atoms with Crippen molar-refractivity contribution in [1.29, 1.82) is 0 Å². The lowest BCUT2D eigenvalue weighted by atomic mass is 9.96. The van der Waals surface area contributed by atoms with E-state index in [2.05, 4.69) is 35.8 Å². The van der Waals surface area contributed by atoms with E-state index < -0.39 is 0 Å². The predicted molar refractivity (Wildman–Crippen MR) is 81.6 cm³/mol. The molecule has 116 valence electrons. The molecule has 4 nitrogen and oxygen atoms in total. The summed E-state index contributed by atoms with van der Waals surface area (Å²) in [4.78, 5) is 4.71. The number of rotatable bonds is 4. The lowest BCUT2D eigenvalue weighted by molar-refractivity contribution is -0.0315. The Hall–Kier alpha value is -0.420. The molecule has 0 unspecified atom stereocenters. The largest absolute Gasteiger partial charge is 0.393 e. The van der Waals surface area contributed by atoms with E-state index in [9.17, 15) is 10.2 Å². The second-order valence-corrected chi connectivity index (χ2v) is 6.62. The van der Waals surface area contributed by atoms with Crippen LogP contribution < -0.4 is 0 Å². The zero-order valence-corrected chi connectivity index (χ0v) is 12.9. The highest BCUT2D eigenvalue weighted by Gasteiger charge is 2.33. The van der Waals surface area contributed by atoms with Gasteiger partial charge in [0.1, 0.15) is 0 Å². The maximum Gasteiger partial charge on any atom is 0.0822 e. The summed E-state index contributed by atoms with van der Waals surface area (Å²) in [7, 11) is 0. The molecule has 2 aliphatic heterocycles. The molecule has 2 rings (SSSR count). The van der Waals surface area contributed by atoms with Crippen LogP contribution in [-0.2, 0) is 0 Å². The van der Waals surface area contributed by atoms with Gasteiger partial charge in [-0.3, -0.25) is 9.80 Å². The highest BCUT2D eigenvalue weighted by atomic mass is 16.3. The van der Waals surface area contributed by atoms with Crippen molar-refractivity contribution in [3.05, 3.63) is 12.2 Å². The third kappa shape index (κ3) is 4.55. The lowest BCUT2D eigenvalue weighted by Gasteiger charge is -2.43. The molecule has 0 aromatic carbocycles. The molecule has 0 aromatic rings. The monoisotopic (exact) mass is 282 g/mol. The van der Waals surface area contributed by atoms with Crippen LogP contribution in [0.3, 0.4) is 0 Å². The highest BCUT2D eigenvalue weighted by Crippen LogP contribution is 2.21. The summed E-state index contributed by atoms with van der Waals surface area (Å²) >= 11 is 0. The quantitative estimate of drug-likeness (QED) is 0.758. The van der Waals surface area contributed by atoms with Crippen LogP contribution in [0.2, 0.25) is 0 Å². The van der Waals surface area contributed by atoms with Crippen molar-refractivity contribution in [1.82, 2.24) is 9.80 Å². The van der Waals surface area contributed by atoms with Gasteiger partial charge in [0.15, 0.2) is 0 Å². The molecular formula is C16H30N2O2. The molecule has 0 radical (unpaired) electrons. The Morgan fingerprint density at radius 1 is 1.10 bits per heavy atom. The third-order valence-corrected chi connectivity index (χ3v) is 4.48. The van der Waals surface area contributed by atoms with E-state index in [0.717, 1.165) is 52.0 Å². The SMILES string of the molecule is CC(C)/C=C/CN1CC[C@@H](N2CCC(O)CC2)[C@H](O)C1. The first kappa shape index (κ1) is 16.0. The summed E-state index contributed by atoms with van der Waals surface area (Å²) in [5, 5.41) is 20.0. The zero-order chi connectivity index (χ0) is 14.5. The first-order valence-electron chi connectivity index (χ1n) is 8.05. The van der Waals surface area contributed by atoms with E-state index in [1.54, 1.807) is 0 Å². The van der Waals surface area contributed by atoms with Crippen molar-refractivity contribution in [3.8, 4) is 0 Å². The Kier molecular flexibility index (Phi) is 6.02. The van der Waals surface area contributed by atoms with Gasteiger partial charge in [-0.05, 0) is 25.2 Å². The van der Waals surface area contributed by atoms with Crippen LogP contribution in [0.25, 0.3) is 0 Å². The fraction of sp³-hybridized carbons (Fsp3) is 0.875. The average Bonchev–Trinajstić information content (AvgIpc) is 2.40. The number of piperidine rings is 2. The van der Waals surface area contributed by atoms with Crippen molar-refractivity contribution in [2.45, 2.75) is 51.4 Å². The number of likely N-dealkylation sites (tertiary alicyclic amines) is 2. The van der Waals surface area contributed by atoms with Crippen LogP contribution >= 0.6 is 0 Å². The van der Waals surface area contributed by atoms with E-state index in [0.29, 0.717) is 5.92 Å². The summed E-state index contributed by atoms with van der Waals surface area (Å²) in [6, 6.07) is 0.285. The molecule has 4 heteroatoms. The molecule has 2 atom stereocenters. The van der Waals surface area contributed by atoms with E-state index in [4.69, 9.17) is 0 Å². The third-order valence-electron chi connectivity index (χ3n) is 4.48. The maximum atomic E-state index is 10.4. The molecule has 0 amide bonds. The van der Waals surface area contributed by atoms with Crippen LogP contribution in [0.4, 0.5) is 0 Å². The summed E-state index contributed by atoms with van der Waals surface area (Å²) in [6.07, 6.45) is 6.79. The van der Waals surface area contributed by atoms with Crippen molar-refractivity contribution < 1.29 is 10.2 Å². The minimum absolute atomic E-state index is 0.135. The minimum atomic E-state index is -0.258. The number of hydrogen-bond acceptors (Lipinski definition) is 4. The zero-order valence-electron chi connectivity index (χ0n) is 12.9. The fourth-order valence-electron chi connectivity index (χ4n) is 3.28. The van der Waals surface area contributed by atoms with Gasteiger partial charge in [-0.15, -0.1) is 0 Å². The Morgan fingerprint density at radius 3 is 2.40 bits per heavy atom. The Morgan fingerprint density at radius 2 is 1.80 bits per heavy atom. The molecule has 20 heavy (non-hydrogen) atoms. The van der Waals surface area contributed by atoms with Gasteiger partial charge in [0.2, 0.25) is 0 Å². The smallest absolute Gasteiger partial charge is 0.0822 e. The van der Waals surface area contributed by atoms with E-state index in [1.807, 2.05) is 0 Å². The van der Waals surface area contributed by atoms with Crippen molar-refractivity contribution in [3.63, 3.8) is 0 Å². The molecule has 2 N–H and O–H groups in total. The van der Waals surface area contributed by atoms with Gasteiger partial charge in [0.05, 0.1) is 12.2 Å². The maximum absolute atomic E-state index is 10.4. The molecule has 2 heterocycles. The van der Waals surface area contributed by atoms with Gasteiger partial charge in [-0.2, -0.15) is 0 Å². The van der Waals surface area contributed by atoms with Gasteiger partial charge in [-0.1, -0.05) is 26.0 Å². The molecule has 2 aliphatic rings. The average molecular weight is 282 g/mol. The molecule has 0 spiro atoms. The Bertz CT molecular complexity index is 312. The summed E-state index contributed by atoms with van der Waals surface area (Å²) in [5.74, 6) is 0.595. The van der Waals surface area contributed by atoms with Crippen molar-refractivity contribution in [2.24, 2.45) is 5.92 Å². The summed E-state index contributed by atoms with van der Waals surface area (Å²) < 4.78 is 0. The summed E-state index contributed by atoms with van der Waals surface area (Å²) in [6.45, 7) is 8.99. The molecule has 2 saturated heterocycles. The van der Waals surface area contributed by atoms with Crippen molar-refractivity contribution >= 4 is 0 Å². The van der Waals surface area contributed by atoms with E-state index in [-0.39, 0.29) is 18.2 Å². The Balaban J connectivity index is 1.77. The number of aliphatic hydroxyl groups is 2. The van der Waals surface area contributed by atoms with Crippen molar-refractivity contribution in [2.75, 3.05) is 32.7 Å². The van der Waals surface area contributed by atoms with Gasteiger partial charge in [0.25, 0.3) is 0 Å². The molecule has 0 saturated carbocycles. The van der Waals surface area contributed by atoms with Gasteiger partial charge in [-0.25, -0.2) is 0 Å². The van der Waals surface area contributed by atoms with Gasteiger partial charge >= 0.3 is 0 Å². The number of allylic oxidation sites excluding steroid dienone is 1. The van der Waals surface area contributed by atoms with Crippen LogP contribution in [0, 0.1) is 5.92 Å². The normalized spacial score (nSPS) is 31.4. The molecule has 2 fully saturated rings. The minimum Gasteiger partial charge on any atom is -0.393 e. The molecular weight excluding hydrogens is 252 g/mol. The lowest BCUT2D eigenvalue weighted by Crippen LogP contribution is -2.56. The Labute approximate surface area is 123 Å².